The number of carbonyl (C=O) groups excluding carboxylic acids is 2. The Morgan fingerprint density at radius 3 is 2.86 bits per heavy atom. The van der Waals surface area contributed by atoms with Gasteiger partial charge in [0.15, 0.2) is 5.82 Å². The molecule has 0 radical (unpaired) electrons. The average molecular weight is 328 g/mol. The minimum Gasteiger partial charge on any atom is -0.468 e. The molecule has 0 aliphatic rings. The number of halogens is 1. The van der Waals surface area contributed by atoms with Crippen molar-refractivity contribution >= 4 is 40.6 Å². The van der Waals surface area contributed by atoms with Crippen molar-refractivity contribution in [1.82, 2.24) is 9.78 Å². The molecule has 112 valence electrons. The Morgan fingerprint density at radius 2 is 2.24 bits per heavy atom. The standard InChI is InChI=1S/C13H14ClN3O3S/c1-8(9-3-4-10(14)21-9)13(19)15-11-5-6-17(16-11)7-12(18)20-2/h3-6,8H,7H2,1-2H3,(H,15,16,19)/t8-/m1/s1. The van der Waals surface area contributed by atoms with Crippen LogP contribution in [0.25, 0.3) is 0 Å². The predicted molar refractivity (Wildman–Crippen MR) is 80.6 cm³/mol. The van der Waals surface area contributed by atoms with Crippen LogP contribution in [0.4, 0.5) is 5.82 Å². The number of carbonyl (C=O) groups is 2. The Bertz CT molecular complexity index is 653. The fourth-order valence-electron chi connectivity index (χ4n) is 1.64. The zero-order chi connectivity index (χ0) is 15.4. The highest BCUT2D eigenvalue weighted by Gasteiger charge is 2.18. The zero-order valence-electron chi connectivity index (χ0n) is 11.5. The van der Waals surface area contributed by atoms with Gasteiger partial charge in [0.2, 0.25) is 5.91 Å². The van der Waals surface area contributed by atoms with Crippen LogP contribution in [0, 0.1) is 0 Å². The number of aromatic nitrogens is 2. The SMILES string of the molecule is COC(=O)Cn1ccc(NC(=O)[C@H](C)c2ccc(Cl)s2)n1. The number of hydrogen-bond acceptors (Lipinski definition) is 5. The van der Waals surface area contributed by atoms with Gasteiger partial charge in [-0.3, -0.25) is 14.3 Å². The molecule has 0 bridgehead atoms. The average Bonchev–Trinajstić information content (AvgIpc) is 3.07. The zero-order valence-corrected chi connectivity index (χ0v) is 13.1. The summed E-state index contributed by atoms with van der Waals surface area (Å²) in [4.78, 5) is 24.1. The molecule has 1 amide bonds. The minimum absolute atomic E-state index is 0.00244. The Kier molecular flexibility index (Phi) is 4.98. The van der Waals surface area contributed by atoms with Crippen molar-refractivity contribution in [3.8, 4) is 0 Å². The number of nitrogens with zero attached hydrogens (tertiary/aromatic N) is 2. The number of esters is 1. The van der Waals surface area contributed by atoms with Crippen molar-refractivity contribution in [3.63, 3.8) is 0 Å². The number of amides is 1. The predicted octanol–water partition coefficient (Wildman–Crippen LogP) is 2.51. The van der Waals surface area contributed by atoms with Crippen LogP contribution in [0.5, 0.6) is 0 Å². The van der Waals surface area contributed by atoms with Gasteiger partial charge in [-0.2, -0.15) is 5.10 Å². The van der Waals surface area contributed by atoms with E-state index in [-0.39, 0.29) is 18.4 Å². The van der Waals surface area contributed by atoms with Gasteiger partial charge >= 0.3 is 5.97 Å². The molecule has 0 saturated carbocycles. The lowest BCUT2D eigenvalue weighted by Gasteiger charge is -2.08. The topological polar surface area (TPSA) is 73.2 Å². The molecule has 0 aliphatic carbocycles. The Balaban J connectivity index is 1.98. The van der Waals surface area contributed by atoms with Gasteiger partial charge in [-0.05, 0) is 19.1 Å². The first-order valence-electron chi connectivity index (χ1n) is 6.16. The molecule has 6 nitrogen and oxygen atoms in total. The number of thiophene rings is 1. The maximum atomic E-state index is 12.1. The van der Waals surface area contributed by atoms with Gasteiger partial charge in [0.05, 0.1) is 17.4 Å². The first-order valence-corrected chi connectivity index (χ1v) is 7.35. The van der Waals surface area contributed by atoms with Crippen molar-refractivity contribution in [3.05, 3.63) is 33.6 Å². The highest BCUT2D eigenvalue weighted by Crippen LogP contribution is 2.28. The van der Waals surface area contributed by atoms with E-state index < -0.39 is 5.97 Å². The van der Waals surface area contributed by atoms with Gasteiger partial charge in [-0.1, -0.05) is 11.6 Å². The maximum absolute atomic E-state index is 12.1. The molecule has 0 aromatic carbocycles. The van der Waals surface area contributed by atoms with Gasteiger partial charge < -0.3 is 10.1 Å². The second-order valence-corrected chi connectivity index (χ2v) is 6.07. The molecule has 0 fully saturated rings. The molecule has 2 aromatic heterocycles. The van der Waals surface area contributed by atoms with Crippen LogP contribution < -0.4 is 5.32 Å². The lowest BCUT2D eigenvalue weighted by molar-refractivity contribution is -0.141. The summed E-state index contributed by atoms with van der Waals surface area (Å²) in [6.45, 7) is 1.80. The lowest BCUT2D eigenvalue weighted by Crippen LogP contribution is -2.19. The van der Waals surface area contributed by atoms with E-state index in [0.29, 0.717) is 10.2 Å². The normalized spacial score (nSPS) is 12.0. The van der Waals surface area contributed by atoms with Gasteiger partial charge in [-0.25, -0.2) is 0 Å². The van der Waals surface area contributed by atoms with Crippen molar-refractivity contribution in [2.75, 3.05) is 12.4 Å². The number of rotatable bonds is 5. The van der Waals surface area contributed by atoms with Gasteiger partial charge in [-0.15, -0.1) is 11.3 Å². The van der Waals surface area contributed by atoms with Gasteiger partial charge in [0.1, 0.15) is 6.54 Å². The number of methoxy groups -OCH3 is 1. The van der Waals surface area contributed by atoms with Crippen LogP contribution in [0.1, 0.15) is 17.7 Å². The molecule has 21 heavy (non-hydrogen) atoms. The van der Waals surface area contributed by atoms with E-state index in [1.807, 2.05) is 6.07 Å². The molecular weight excluding hydrogens is 314 g/mol. The van der Waals surface area contributed by atoms with E-state index in [1.54, 1.807) is 25.3 Å². The van der Waals surface area contributed by atoms with E-state index in [2.05, 4.69) is 15.2 Å². The monoisotopic (exact) mass is 327 g/mol. The first kappa shape index (κ1) is 15.5. The third-order valence-corrected chi connectivity index (χ3v) is 4.24. The quantitative estimate of drug-likeness (QED) is 0.856. The molecule has 0 saturated heterocycles. The minimum atomic E-state index is -0.405. The number of ether oxygens (including phenoxy) is 1. The molecule has 0 unspecified atom stereocenters. The highest BCUT2D eigenvalue weighted by atomic mass is 35.5. The van der Waals surface area contributed by atoms with Gasteiger partial charge in [0.25, 0.3) is 0 Å². The number of anilines is 1. The molecule has 0 aliphatic heterocycles. The second kappa shape index (κ2) is 6.73. The summed E-state index contributed by atoms with van der Waals surface area (Å²) in [6, 6.07) is 5.21. The summed E-state index contributed by atoms with van der Waals surface area (Å²) in [5, 5.41) is 6.78. The fraction of sp³-hybridized carbons (Fsp3) is 0.308. The largest absolute Gasteiger partial charge is 0.468 e. The van der Waals surface area contributed by atoms with E-state index >= 15 is 0 Å². The van der Waals surface area contributed by atoms with Crippen molar-refractivity contribution < 1.29 is 14.3 Å². The molecular formula is C13H14ClN3O3S. The summed E-state index contributed by atoms with van der Waals surface area (Å²) >= 11 is 7.23. The summed E-state index contributed by atoms with van der Waals surface area (Å²) in [5.74, 6) is -0.527. The molecule has 0 spiro atoms. The summed E-state index contributed by atoms with van der Waals surface area (Å²) in [6.07, 6.45) is 1.60. The number of nitrogens with one attached hydrogen (secondary N) is 1. The molecule has 1 N–H and O–H groups in total. The summed E-state index contributed by atoms with van der Waals surface area (Å²) in [7, 11) is 1.31. The van der Waals surface area contributed by atoms with E-state index in [9.17, 15) is 9.59 Å². The third-order valence-electron chi connectivity index (χ3n) is 2.82. The molecule has 2 aromatic rings. The molecule has 2 heterocycles. The van der Waals surface area contributed by atoms with E-state index in [1.165, 1.54) is 23.1 Å². The Labute approximate surface area is 130 Å². The van der Waals surface area contributed by atoms with Crippen LogP contribution in [-0.2, 0) is 20.9 Å². The van der Waals surface area contributed by atoms with Crippen LogP contribution in [0.3, 0.4) is 0 Å². The highest BCUT2D eigenvalue weighted by molar-refractivity contribution is 7.16. The smallest absolute Gasteiger partial charge is 0.327 e. The van der Waals surface area contributed by atoms with Crippen LogP contribution >= 0.6 is 22.9 Å². The van der Waals surface area contributed by atoms with Gasteiger partial charge in [0, 0.05) is 17.1 Å². The van der Waals surface area contributed by atoms with Crippen LogP contribution in [0.15, 0.2) is 24.4 Å². The van der Waals surface area contributed by atoms with Crippen molar-refractivity contribution in [2.45, 2.75) is 19.4 Å². The van der Waals surface area contributed by atoms with E-state index in [4.69, 9.17) is 11.6 Å². The molecule has 1 atom stereocenters. The fourth-order valence-corrected chi connectivity index (χ4v) is 2.75. The summed E-state index contributed by atoms with van der Waals surface area (Å²) < 4.78 is 6.59. The number of hydrogen-bond donors (Lipinski definition) is 1. The van der Waals surface area contributed by atoms with Crippen molar-refractivity contribution in [1.29, 1.82) is 0 Å². The Morgan fingerprint density at radius 1 is 1.48 bits per heavy atom. The molecule has 8 heteroatoms. The lowest BCUT2D eigenvalue weighted by atomic mass is 10.1. The first-order chi connectivity index (χ1) is 9.99. The maximum Gasteiger partial charge on any atom is 0.327 e. The van der Waals surface area contributed by atoms with Crippen LogP contribution in [-0.4, -0.2) is 28.8 Å². The van der Waals surface area contributed by atoms with Crippen LogP contribution in [0.2, 0.25) is 4.34 Å². The molecule has 2 rings (SSSR count). The van der Waals surface area contributed by atoms with Crippen molar-refractivity contribution in [2.24, 2.45) is 0 Å². The Hall–Kier alpha value is -1.86. The second-order valence-electron chi connectivity index (χ2n) is 4.33. The summed E-state index contributed by atoms with van der Waals surface area (Å²) in [5.41, 5.74) is 0. The van der Waals surface area contributed by atoms with E-state index in [0.717, 1.165) is 4.88 Å². The third kappa shape index (κ3) is 4.05.